The highest BCUT2D eigenvalue weighted by Gasteiger charge is 2.19. The van der Waals surface area contributed by atoms with E-state index in [2.05, 4.69) is 0 Å². The van der Waals surface area contributed by atoms with E-state index in [1.54, 1.807) is 18.6 Å². The molecule has 1 aromatic rings. The van der Waals surface area contributed by atoms with Crippen LogP contribution in [0.5, 0.6) is 0 Å². The van der Waals surface area contributed by atoms with Crippen LogP contribution in [0.15, 0.2) is 28.6 Å². The van der Waals surface area contributed by atoms with Crippen LogP contribution in [0.25, 0.3) is 0 Å². The molecule has 2 heterocycles. The summed E-state index contributed by atoms with van der Waals surface area (Å²) in [5.74, 6) is 0.798. The van der Waals surface area contributed by atoms with Gasteiger partial charge in [-0.3, -0.25) is 4.79 Å². The van der Waals surface area contributed by atoms with E-state index in [9.17, 15) is 4.79 Å². The summed E-state index contributed by atoms with van der Waals surface area (Å²) in [7, 11) is 0. The second-order valence-electron chi connectivity index (χ2n) is 3.56. The zero-order valence-electron chi connectivity index (χ0n) is 8.79. The molecule has 0 radical (unpaired) electrons. The number of hydrogen-bond acceptors (Lipinski definition) is 3. The summed E-state index contributed by atoms with van der Waals surface area (Å²) in [4.78, 5) is 12.0. The van der Waals surface area contributed by atoms with Gasteiger partial charge in [-0.25, -0.2) is 0 Å². The number of carbonyl (C=O) groups is 1. The molecule has 0 aliphatic carbocycles. The fraction of sp³-hybridized carbons (Fsp3) is 0.417. The fourth-order valence-electron chi connectivity index (χ4n) is 1.72. The van der Waals surface area contributed by atoms with E-state index in [0.29, 0.717) is 12.2 Å². The van der Waals surface area contributed by atoms with E-state index in [1.807, 2.05) is 6.92 Å². The Labute approximate surface area is 88.7 Å². The summed E-state index contributed by atoms with van der Waals surface area (Å²) in [5.41, 5.74) is 1.42. The number of hydrogen-bond donors (Lipinski definition) is 0. The Morgan fingerprint density at radius 2 is 2.40 bits per heavy atom. The van der Waals surface area contributed by atoms with Gasteiger partial charge in [-0.1, -0.05) is 6.92 Å². The molecule has 0 bridgehead atoms. The molecule has 1 aromatic heterocycles. The molecule has 0 unspecified atom stereocenters. The Kier molecular flexibility index (Phi) is 2.90. The average Bonchev–Trinajstić information content (AvgIpc) is 2.77. The predicted molar refractivity (Wildman–Crippen MR) is 55.7 cm³/mol. The van der Waals surface area contributed by atoms with Crippen LogP contribution in [0.2, 0.25) is 0 Å². The first-order valence-electron chi connectivity index (χ1n) is 5.24. The molecule has 3 nitrogen and oxygen atoms in total. The Hall–Kier alpha value is -1.51. The first-order valence-corrected chi connectivity index (χ1v) is 5.24. The highest BCUT2D eigenvalue weighted by molar-refractivity contribution is 6.09. The highest BCUT2D eigenvalue weighted by atomic mass is 16.5. The Balaban J connectivity index is 2.23. The summed E-state index contributed by atoms with van der Waals surface area (Å²) in [6.45, 7) is 2.68. The molecule has 1 aliphatic rings. The van der Waals surface area contributed by atoms with Crippen LogP contribution in [0.4, 0.5) is 0 Å². The number of rotatable bonds is 3. The Bertz CT molecular complexity index is 387. The number of carbonyl (C=O) groups excluding carboxylic acids is 1. The largest absolute Gasteiger partial charge is 0.501 e. The average molecular weight is 206 g/mol. The van der Waals surface area contributed by atoms with Gasteiger partial charge in [0.15, 0.2) is 5.78 Å². The first kappa shape index (κ1) is 10.0. The van der Waals surface area contributed by atoms with Crippen molar-refractivity contribution in [1.29, 1.82) is 0 Å². The summed E-state index contributed by atoms with van der Waals surface area (Å²) in [6, 6.07) is 1.73. The van der Waals surface area contributed by atoms with Gasteiger partial charge in [-0.05, 0) is 18.9 Å². The molecule has 0 aromatic carbocycles. The van der Waals surface area contributed by atoms with Gasteiger partial charge in [0.25, 0.3) is 0 Å². The summed E-state index contributed by atoms with van der Waals surface area (Å²) in [6.07, 6.45) is 5.60. The second-order valence-corrected chi connectivity index (χ2v) is 3.56. The minimum absolute atomic E-state index is 0.0419. The van der Waals surface area contributed by atoms with Crippen molar-refractivity contribution in [1.82, 2.24) is 0 Å². The maximum Gasteiger partial charge on any atom is 0.195 e. The summed E-state index contributed by atoms with van der Waals surface area (Å²) >= 11 is 0. The number of aryl methyl sites for hydroxylation is 1. The number of allylic oxidation sites excluding steroid dienone is 1. The minimum Gasteiger partial charge on any atom is -0.501 e. The maximum absolute atomic E-state index is 12.0. The molecular weight excluding hydrogens is 192 g/mol. The molecule has 0 saturated heterocycles. The van der Waals surface area contributed by atoms with Gasteiger partial charge in [-0.15, -0.1) is 0 Å². The van der Waals surface area contributed by atoms with E-state index < -0.39 is 0 Å². The van der Waals surface area contributed by atoms with E-state index in [0.717, 1.165) is 30.6 Å². The van der Waals surface area contributed by atoms with Crippen molar-refractivity contribution < 1.29 is 13.9 Å². The van der Waals surface area contributed by atoms with Crippen molar-refractivity contribution in [3.05, 3.63) is 35.5 Å². The van der Waals surface area contributed by atoms with Gasteiger partial charge in [-0.2, -0.15) is 0 Å². The van der Waals surface area contributed by atoms with Gasteiger partial charge in [0, 0.05) is 12.0 Å². The number of ether oxygens (including phenoxy) is 1. The molecule has 0 spiro atoms. The third-order valence-electron chi connectivity index (χ3n) is 2.54. The number of ketones is 1. The molecule has 0 fully saturated rings. The minimum atomic E-state index is 0.0419. The zero-order valence-corrected chi connectivity index (χ0v) is 8.79. The normalized spacial score (nSPS) is 15.7. The molecule has 0 saturated carbocycles. The molecule has 1 aliphatic heterocycles. The lowest BCUT2D eigenvalue weighted by atomic mass is 9.99. The monoisotopic (exact) mass is 206 g/mol. The van der Waals surface area contributed by atoms with E-state index in [-0.39, 0.29) is 5.78 Å². The lowest BCUT2D eigenvalue weighted by Gasteiger charge is -2.12. The molecule has 80 valence electrons. The van der Waals surface area contributed by atoms with Crippen molar-refractivity contribution >= 4 is 5.78 Å². The van der Waals surface area contributed by atoms with Gasteiger partial charge in [0.1, 0.15) is 5.76 Å². The SMILES string of the molecule is CCc1occc1C(=O)C1=COCCC1. The molecule has 15 heavy (non-hydrogen) atoms. The zero-order chi connectivity index (χ0) is 10.7. The lowest BCUT2D eigenvalue weighted by Crippen LogP contribution is -2.10. The number of furan rings is 1. The van der Waals surface area contributed by atoms with Crippen LogP contribution in [0.3, 0.4) is 0 Å². The smallest absolute Gasteiger partial charge is 0.195 e. The molecule has 3 heteroatoms. The lowest BCUT2D eigenvalue weighted by molar-refractivity contribution is 0.101. The third kappa shape index (κ3) is 1.96. The van der Waals surface area contributed by atoms with Crippen molar-refractivity contribution in [2.45, 2.75) is 26.2 Å². The Morgan fingerprint density at radius 3 is 3.07 bits per heavy atom. The van der Waals surface area contributed by atoms with Crippen molar-refractivity contribution in [2.75, 3.05) is 6.61 Å². The molecule has 0 atom stereocenters. The predicted octanol–water partition coefficient (Wildman–Crippen LogP) is 2.72. The fourth-order valence-corrected chi connectivity index (χ4v) is 1.72. The van der Waals surface area contributed by atoms with Crippen molar-refractivity contribution in [3.8, 4) is 0 Å². The van der Waals surface area contributed by atoms with Gasteiger partial charge in [0.05, 0.1) is 24.7 Å². The van der Waals surface area contributed by atoms with Crippen LogP contribution >= 0.6 is 0 Å². The van der Waals surface area contributed by atoms with E-state index in [4.69, 9.17) is 9.15 Å². The van der Waals surface area contributed by atoms with Crippen molar-refractivity contribution in [3.63, 3.8) is 0 Å². The molecule has 0 N–H and O–H groups in total. The van der Waals surface area contributed by atoms with Gasteiger partial charge in [0.2, 0.25) is 0 Å². The molecular formula is C12H14O3. The number of Topliss-reactive ketones (excluding diaryl/α,β-unsaturated/α-hetero) is 1. The summed E-state index contributed by atoms with van der Waals surface area (Å²) in [5, 5.41) is 0. The van der Waals surface area contributed by atoms with E-state index >= 15 is 0 Å². The van der Waals surface area contributed by atoms with Crippen LogP contribution < -0.4 is 0 Å². The van der Waals surface area contributed by atoms with Crippen molar-refractivity contribution in [2.24, 2.45) is 0 Å². The van der Waals surface area contributed by atoms with Gasteiger partial charge < -0.3 is 9.15 Å². The van der Waals surface area contributed by atoms with Crippen LogP contribution in [-0.4, -0.2) is 12.4 Å². The van der Waals surface area contributed by atoms with Crippen LogP contribution in [0.1, 0.15) is 35.9 Å². The molecule has 0 amide bonds. The first-order chi connectivity index (χ1) is 7.33. The van der Waals surface area contributed by atoms with E-state index in [1.165, 1.54) is 0 Å². The maximum atomic E-state index is 12.0. The second kappa shape index (κ2) is 4.34. The summed E-state index contributed by atoms with van der Waals surface area (Å²) < 4.78 is 10.4. The highest BCUT2D eigenvalue weighted by Crippen LogP contribution is 2.20. The third-order valence-corrected chi connectivity index (χ3v) is 2.54. The topological polar surface area (TPSA) is 39.4 Å². The van der Waals surface area contributed by atoms with Crippen LogP contribution in [-0.2, 0) is 11.2 Å². The standard InChI is InChI=1S/C12H14O3/c1-2-11-10(5-7-15-11)12(13)9-4-3-6-14-8-9/h5,7-8H,2-4,6H2,1H3. The molecule has 2 rings (SSSR count). The van der Waals surface area contributed by atoms with Gasteiger partial charge >= 0.3 is 0 Å². The van der Waals surface area contributed by atoms with Crippen LogP contribution in [0, 0.1) is 0 Å². The quantitative estimate of drug-likeness (QED) is 0.714. The Morgan fingerprint density at radius 1 is 1.53 bits per heavy atom.